The van der Waals surface area contributed by atoms with Crippen LogP contribution in [0.15, 0.2) is 19.7 Å². The van der Waals surface area contributed by atoms with Gasteiger partial charge in [-0.1, -0.05) is 23.2 Å². The average Bonchev–Trinajstić information content (AvgIpc) is 2.65. The number of halogens is 4. The highest BCUT2D eigenvalue weighted by atomic mass is 79.9. The first kappa shape index (κ1) is 15.3. The van der Waals surface area contributed by atoms with Gasteiger partial charge >= 0.3 is 0 Å². The highest BCUT2D eigenvalue weighted by molar-refractivity contribution is 9.12. The van der Waals surface area contributed by atoms with Crippen LogP contribution in [-0.2, 0) is 0 Å². The van der Waals surface area contributed by atoms with E-state index in [2.05, 4.69) is 42.2 Å². The van der Waals surface area contributed by atoms with Gasteiger partial charge in [-0.3, -0.25) is 4.79 Å². The molecule has 2 heterocycles. The van der Waals surface area contributed by atoms with E-state index >= 15 is 0 Å². The van der Waals surface area contributed by atoms with Gasteiger partial charge in [0.2, 0.25) is 0 Å². The monoisotopic (exact) mass is 442 g/mol. The first-order valence-electron chi connectivity index (χ1n) is 4.97. The van der Waals surface area contributed by atoms with Gasteiger partial charge in [0.25, 0.3) is 5.91 Å². The Bertz CT molecular complexity index is 660. The van der Waals surface area contributed by atoms with E-state index in [1.807, 2.05) is 0 Å². The standard InChI is InChI=1S/C11H6Br2Cl2N2OS/c1-4-6(14)3-7(15)10(16-4)17-11(18)5-2-8(12)19-9(5)13/h2-3H,1H3,(H,16,17,18). The summed E-state index contributed by atoms with van der Waals surface area (Å²) >= 11 is 20.0. The molecule has 0 aliphatic carbocycles. The van der Waals surface area contributed by atoms with E-state index in [0.717, 1.165) is 7.57 Å². The number of rotatable bonds is 2. The molecule has 0 bridgehead atoms. The summed E-state index contributed by atoms with van der Waals surface area (Å²) in [7, 11) is 0. The van der Waals surface area contributed by atoms with Gasteiger partial charge in [0, 0.05) is 0 Å². The molecule has 19 heavy (non-hydrogen) atoms. The second-order valence-electron chi connectivity index (χ2n) is 3.58. The highest BCUT2D eigenvalue weighted by Gasteiger charge is 2.16. The second kappa shape index (κ2) is 6.10. The third kappa shape index (κ3) is 3.49. The normalized spacial score (nSPS) is 10.6. The van der Waals surface area contributed by atoms with Crippen LogP contribution in [0.5, 0.6) is 0 Å². The molecule has 0 unspecified atom stereocenters. The maximum Gasteiger partial charge on any atom is 0.258 e. The van der Waals surface area contributed by atoms with Crippen LogP contribution < -0.4 is 5.32 Å². The maximum absolute atomic E-state index is 12.1. The smallest absolute Gasteiger partial charge is 0.258 e. The molecule has 1 N–H and O–H groups in total. The number of carbonyl (C=O) groups is 1. The van der Waals surface area contributed by atoms with E-state index in [1.54, 1.807) is 19.1 Å². The van der Waals surface area contributed by atoms with Crippen molar-refractivity contribution < 1.29 is 4.79 Å². The maximum atomic E-state index is 12.1. The Balaban J connectivity index is 2.29. The molecule has 0 radical (unpaired) electrons. The number of aromatic nitrogens is 1. The first-order chi connectivity index (χ1) is 8.88. The summed E-state index contributed by atoms with van der Waals surface area (Å²) in [6.07, 6.45) is 0. The number of thiophene rings is 1. The summed E-state index contributed by atoms with van der Waals surface area (Å²) in [6.45, 7) is 1.74. The second-order valence-corrected chi connectivity index (χ2v) is 8.14. The van der Waals surface area contributed by atoms with Crippen molar-refractivity contribution in [2.45, 2.75) is 6.92 Å². The molecule has 2 aromatic heterocycles. The molecular formula is C11H6Br2Cl2N2OS. The van der Waals surface area contributed by atoms with Gasteiger partial charge in [0.15, 0.2) is 5.82 Å². The third-order valence-corrected chi connectivity index (χ3v) is 5.25. The summed E-state index contributed by atoms with van der Waals surface area (Å²) in [4.78, 5) is 16.3. The SMILES string of the molecule is Cc1nc(NC(=O)c2cc(Br)sc2Br)c(Cl)cc1Cl. The van der Waals surface area contributed by atoms with Gasteiger partial charge in [-0.15, -0.1) is 11.3 Å². The van der Waals surface area contributed by atoms with Crippen molar-refractivity contribution in [3.05, 3.63) is 41.0 Å². The Kier molecular flexibility index (Phi) is 4.89. The van der Waals surface area contributed by atoms with Crippen molar-refractivity contribution in [3.63, 3.8) is 0 Å². The van der Waals surface area contributed by atoms with Gasteiger partial charge in [0.1, 0.15) is 0 Å². The van der Waals surface area contributed by atoms with Gasteiger partial charge in [-0.05, 0) is 50.9 Å². The van der Waals surface area contributed by atoms with E-state index in [0.29, 0.717) is 27.1 Å². The Hall–Kier alpha value is -0.140. The van der Waals surface area contributed by atoms with Crippen molar-refractivity contribution in [2.24, 2.45) is 0 Å². The molecule has 1 amide bonds. The first-order valence-corrected chi connectivity index (χ1v) is 8.13. The number of carbonyl (C=O) groups excluding carboxylic acids is 1. The molecule has 0 spiro atoms. The van der Waals surface area contributed by atoms with E-state index in [4.69, 9.17) is 23.2 Å². The largest absolute Gasteiger partial charge is 0.305 e. The van der Waals surface area contributed by atoms with E-state index in [-0.39, 0.29) is 5.91 Å². The quantitative estimate of drug-likeness (QED) is 0.661. The van der Waals surface area contributed by atoms with Crippen molar-refractivity contribution in [3.8, 4) is 0 Å². The molecule has 2 rings (SSSR count). The molecule has 0 aliphatic rings. The van der Waals surface area contributed by atoms with Crippen LogP contribution >= 0.6 is 66.4 Å². The summed E-state index contributed by atoms with van der Waals surface area (Å²) in [5.74, 6) is 0.00716. The lowest BCUT2D eigenvalue weighted by Crippen LogP contribution is -2.13. The zero-order chi connectivity index (χ0) is 14.2. The van der Waals surface area contributed by atoms with Crippen LogP contribution in [-0.4, -0.2) is 10.9 Å². The Morgan fingerprint density at radius 1 is 1.32 bits per heavy atom. The number of pyridine rings is 1. The molecule has 3 nitrogen and oxygen atoms in total. The highest BCUT2D eigenvalue weighted by Crippen LogP contribution is 2.33. The minimum atomic E-state index is -0.287. The number of hydrogen-bond donors (Lipinski definition) is 1. The van der Waals surface area contributed by atoms with Gasteiger partial charge in [-0.25, -0.2) is 4.98 Å². The van der Waals surface area contributed by atoms with E-state index in [1.165, 1.54) is 11.3 Å². The fraction of sp³-hybridized carbons (Fsp3) is 0.0909. The van der Waals surface area contributed by atoms with E-state index < -0.39 is 0 Å². The minimum Gasteiger partial charge on any atom is -0.305 e. The predicted octanol–water partition coefficient (Wildman–Crippen LogP) is 5.54. The van der Waals surface area contributed by atoms with Gasteiger partial charge in [-0.2, -0.15) is 0 Å². The fourth-order valence-corrected chi connectivity index (χ4v) is 4.52. The van der Waals surface area contributed by atoms with Gasteiger partial charge in [0.05, 0.1) is 28.9 Å². The lowest BCUT2D eigenvalue weighted by molar-refractivity contribution is 0.102. The van der Waals surface area contributed by atoms with Crippen molar-refractivity contribution >= 4 is 78.1 Å². The number of aryl methyl sites for hydroxylation is 1. The molecule has 100 valence electrons. The van der Waals surface area contributed by atoms with Crippen LogP contribution in [0.25, 0.3) is 0 Å². The Labute approximate surface area is 140 Å². The molecule has 8 heteroatoms. The summed E-state index contributed by atoms with van der Waals surface area (Å²) in [5.41, 5.74) is 1.12. The minimum absolute atomic E-state index is 0.287. The zero-order valence-electron chi connectivity index (χ0n) is 9.43. The van der Waals surface area contributed by atoms with Crippen molar-refractivity contribution in [1.29, 1.82) is 0 Å². The zero-order valence-corrected chi connectivity index (χ0v) is 14.9. The molecule has 0 aromatic carbocycles. The summed E-state index contributed by atoms with van der Waals surface area (Å²) in [6, 6.07) is 3.28. The number of anilines is 1. The molecule has 0 aliphatic heterocycles. The van der Waals surface area contributed by atoms with Gasteiger partial charge < -0.3 is 5.32 Å². The molecular weight excluding hydrogens is 439 g/mol. The summed E-state index contributed by atoms with van der Waals surface area (Å²) < 4.78 is 1.59. The molecule has 2 aromatic rings. The third-order valence-electron chi connectivity index (χ3n) is 2.24. The number of amides is 1. The lowest BCUT2D eigenvalue weighted by atomic mass is 10.3. The van der Waals surface area contributed by atoms with Crippen LogP contribution in [0.3, 0.4) is 0 Å². The van der Waals surface area contributed by atoms with Crippen LogP contribution in [0.2, 0.25) is 10.0 Å². The number of hydrogen-bond acceptors (Lipinski definition) is 3. The Morgan fingerprint density at radius 3 is 2.58 bits per heavy atom. The molecule has 0 saturated heterocycles. The molecule has 0 saturated carbocycles. The van der Waals surface area contributed by atoms with E-state index in [9.17, 15) is 4.79 Å². The fourth-order valence-electron chi connectivity index (χ4n) is 1.32. The lowest BCUT2D eigenvalue weighted by Gasteiger charge is -2.07. The number of nitrogens with zero attached hydrogens (tertiary/aromatic N) is 1. The number of nitrogens with one attached hydrogen (secondary N) is 1. The van der Waals surface area contributed by atoms with Crippen LogP contribution in [0, 0.1) is 6.92 Å². The Morgan fingerprint density at radius 2 is 2.00 bits per heavy atom. The molecule has 0 fully saturated rings. The van der Waals surface area contributed by atoms with Crippen molar-refractivity contribution in [1.82, 2.24) is 4.98 Å². The van der Waals surface area contributed by atoms with Crippen LogP contribution in [0.1, 0.15) is 16.1 Å². The van der Waals surface area contributed by atoms with Crippen LogP contribution in [0.4, 0.5) is 5.82 Å². The van der Waals surface area contributed by atoms with Crippen molar-refractivity contribution in [2.75, 3.05) is 5.32 Å². The average molecular weight is 445 g/mol. The topological polar surface area (TPSA) is 42.0 Å². The summed E-state index contributed by atoms with van der Waals surface area (Å²) in [5, 5.41) is 3.42. The predicted molar refractivity (Wildman–Crippen MR) is 86.7 cm³/mol. The molecule has 0 atom stereocenters.